The summed E-state index contributed by atoms with van der Waals surface area (Å²) >= 11 is 0. The summed E-state index contributed by atoms with van der Waals surface area (Å²) in [6, 6.07) is 6.13. The molecule has 87 valence electrons. The lowest BCUT2D eigenvalue weighted by Crippen LogP contribution is -2.17. The molecule has 3 heteroatoms. The molecule has 0 saturated carbocycles. The van der Waals surface area contributed by atoms with E-state index in [9.17, 15) is 4.39 Å². The standard InChI is InChI=1S/C13H16FO2/c14-12-3-5-13(6-4-12)16-9-7-11-2-1-8-15-10-11/h3-6,8,11H,1-2,7,9-10H2. The summed E-state index contributed by atoms with van der Waals surface area (Å²) < 4.78 is 23.4. The fourth-order valence-electron chi connectivity index (χ4n) is 1.78. The van der Waals surface area contributed by atoms with Crippen molar-refractivity contribution in [2.24, 2.45) is 5.92 Å². The summed E-state index contributed by atoms with van der Waals surface area (Å²) in [5.41, 5.74) is 0. The molecule has 0 aromatic heterocycles. The average molecular weight is 223 g/mol. The van der Waals surface area contributed by atoms with Crippen molar-refractivity contribution >= 4 is 0 Å². The Balaban J connectivity index is 1.69. The topological polar surface area (TPSA) is 18.5 Å². The van der Waals surface area contributed by atoms with Gasteiger partial charge in [0.25, 0.3) is 0 Å². The second kappa shape index (κ2) is 5.85. The molecule has 1 radical (unpaired) electrons. The Kier molecular flexibility index (Phi) is 4.17. The number of rotatable bonds is 4. The highest BCUT2D eigenvalue weighted by atomic mass is 19.1. The lowest BCUT2D eigenvalue weighted by molar-refractivity contribution is 0.0925. The molecular weight excluding hydrogens is 207 g/mol. The first-order valence-electron chi connectivity index (χ1n) is 5.66. The maximum Gasteiger partial charge on any atom is 0.123 e. The Hall–Kier alpha value is -1.09. The lowest BCUT2D eigenvalue weighted by Gasteiger charge is -2.21. The molecule has 0 spiro atoms. The summed E-state index contributed by atoms with van der Waals surface area (Å²) in [7, 11) is 0. The molecule has 1 heterocycles. The molecule has 1 fully saturated rings. The maximum atomic E-state index is 12.6. The van der Waals surface area contributed by atoms with Crippen LogP contribution < -0.4 is 4.74 Å². The fraction of sp³-hybridized carbons (Fsp3) is 0.462. The van der Waals surface area contributed by atoms with E-state index in [1.165, 1.54) is 18.6 Å². The largest absolute Gasteiger partial charge is 0.494 e. The van der Waals surface area contributed by atoms with Gasteiger partial charge in [0.2, 0.25) is 0 Å². The van der Waals surface area contributed by atoms with Crippen LogP contribution in [0.4, 0.5) is 4.39 Å². The monoisotopic (exact) mass is 223 g/mol. The van der Waals surface area contributed by atoms with Crippen LogP contribution >= 0.6 is 0 Å². The minimum Gasteiger partial charge on any atom is -0.494 e. The molecule has 1 atom stereocenters. The number of ether oxygens (including phenoxy) is 2. The summed E-state index contributed by atoms with van der Waals surface area (Å²) in [6.45, 7) is 3.34. The molecule has 2 rings (SSSR count). The molecule has 1 aromatic rings. The van der Waals surface area contributed by atoms with Crippen LogP contribution in [0.25, 0.3) is 0 Å². The number of benzene rings is 1. The third-order valence-corrected chi connectivity index (χ3v) is 2.75. The maximum absolute atomic E-state index is 12.6. The third-order valence-electron chi connectivity index (χ3n) is 2.75. The van der Waals surface area contributed by atoms with E-state index < -0.39 is 0 Å². The second-order valence-electron chi connectivity index (χ2n) is 4.03. The van der Waals surface area contributed by atoms with Crippen LogP contribution in [0.2, 0.25) is 0 Å². The number of hydrogen-bond acceptors (Lipinski definition) is 2. The molecule has 1 unspecified atom stereocenters. The zero-order valence-corrected chi connectivity index (χ0v) is 9.19. The number of hydrogen-bond donors (Lipinski definition) is 0. The first-order valence-corrected chi connectivity index (χ1v) is 5.66. The van der Waals surface area contributed by atoms with Crippen molar-refractivity contribution in [3.8, 4) is 5.75 Å². The zero-order valence-electron chi connectivity index (χ0n) is 9.19. The van der Waals surface area contributed by atoms with Crippen LogP contribution in [0.15, 0.2) is 24.3 Å². The molecule has 0 N–H and O–H groups in total. The van der Waals surface area contributed by atoms with Gasteiger partial charge in [-0.3, -0.25) is 0 Å². The molecule has 1 aliphatic rings. The van der Waals surface area contributed by atoms with E-state index in [2.05, 4.69) is 0 Å². The van der Waals surface area contributed by atoms with Gasteiger partial charge in [-0.15, -0.1) is 0 Å². The van der Waals surface area contributed by atoms with Gasteiger partial charge in [-0.2, -0.15) is 0 Å². The Morgan fingerprint density at radius 3 is 2.81 bits per heavy atom. The van der Waals surface area contributed by atoms with Gasteiger partial charge in [0.05, 0.1) is 19.8 Å². The molecule has 0 aliphatic carbocycles. The van der Waals surface area contributed by atoms with Crippen molar-refractivity contribution in [1.29, 1.82) is 0 Å². The molecule has 0 bridgehead atoms. The van der Waals surface area contributed by atoms with Gasteiger partial charge in [-0.25, -0.2) is 4.39 Å². The molecular formula is C13H16FO2. The summed E-state index contributed by atoms with van der Waals surface area (Å²) in [6.07, 6.45) is 3.19. The van der Waals surface area contributed by atoms with E-state index in [1.54, 1.807) is 12.1 Å². The molecule has 1 aromatic carbocycles. The molecule has 1 aliphatic heterocycles. The van der Waals surface area contributed by atoms with Crippen molar-refractivity contribution in [2.45, 2.75) is 19.3 Å². The third kappa shape index (κ3) is 3.49. The second-order valence-corrected chi connectivity index (χ2v) is 4.03. The van der Waals surface area contributed by atoms with Crippen molar-refractivity contribution in [2.75, 3.05) is 13.2 Å². The van der Waals surface area contributed by atoms with Crippen LogP contribution in [0, 0.1) is 18.3 Å². The van der Waals surface area contributed by atoms with Gasteiger partial charge >= 0.3 is 0 Å². The number of halogens is 1. The van der Waals surface area contributed by atoms with E-state index in [4.69, 9.17) is 9.47 Å². The van der Waals surface area contributed by atoms with Crippen LogP contribution in [-0.4, -0.2) is 13.2 Å². The first kappa shape index (κ1) is 11.4. The minimum absolute atomic E-state index is 0.233. The van der Waals surface area contributed by atoms with E-state index in [-0.39, 0.29) is 5.82 Å². The van der Waals surface area contributed by atoms with E-state index in [0.29, 0.717) is 12.5 Å². The normalized spacial score (nSPS) is 20.7. The minimum atomic E-state index is -0.233. The Labute approximate surface area is 95.4 Å². The highest BCUT2D eigenvalue weighted by Crippen LogP contribution is 2.20. The van der Waals surface area contributed by atoms with E-state index >= 15 is 0 Å². The zero-order chi connectivity index (χ0) is 11.2. The van der Waals surface area contributed by atoms with E-state index in [1.807, 2.05) is 6.61 Å². The van der Waals surface area contributed by atoms with E-state index in [0.717, 1.165) is 25.2 Å². The predicted octanol–water partition coefficient (Wildman–Crippen LogP) is 3.18. The lowest BCUT2D eigenvalue weighted by atomic mass is 9.99. The highest BCUT2D eigenvalue weighted by Gasteiger charge is 2.13. The van der Waals surface area contributed by atoms with Gasteiger partial charge in [0.15, 0.2) is 0 Å². The average Bonchev–Trinajstić information content (AvgIpc) is 2.33. The smallest absolute Gasteiger partial charge is 0.123 e. The van der Waals surface area contributed by atoms with Gasteiger partial charge in [-0.1, -0.05) is 0 Å². The van der Waals surface area contributed by atoms with Gasteiger partial charge < -0.3 is 9.47 Å². The SMILES string of the molecule is Fc1ccc(OCCC2CC[CH]OC2)cc1. The van der Waals surface area contributed by atoms with Crippen molar-refractivity contribution < 1.29 is 13.9 Å². The van der Waals surface area contributed by atoms with Gasteiger partial charge in [-0.05, 0) is 49.4 Å². The molecule has 1 saturated heterocycles. The van der Waals surface area contributed by atoms with Gasteiger partial charge in [0, 0.05) is 0 Å². The Morgan fingerprint density at radius 2 is 2.12 bits per heavy atom. The predicted molar refractivity (Wildman–Crippen MR) is 59.5 cm³/mol. The quantitative estimate of drug-likeness (QED) is 0.780. The summed E-state index contributed by atoms with van der Waals surface area (Å²) in [5, 5.41) is 0. The summed E-state index contributed by atoms with van der Waals surface area (Å²) in [4.78, 5) is 0. The van der Waals surface area contributed by atoms with Crippen LogP contribution in [-0.2, 0) is 4.74 Å². The van der Waals surface area contributed by atoms with Crippen LogP contribution in [0.5, 0.6) is 5.75 Å². The Morgan fingerprint density at radius 1 is 1.31 bits per heavy atom. The highest BCUT2D eigenvalue weighted by molar-refractivity contribution is 5.21. The molecule has 16 heavy (non-hydrogen) atoms. The van der Waals surface area contributed by atoms with Crippen molar-refractivity contribution in [1.82, 2.24) is 0 Å². The first-order chi connectivity index (χ1) is 7.84. The van der Waals surface area contributed by atoms with Crippen LogP contribution in [0.3, 0.4) is 0 Å². The molecule has 0 amide bonds. The molecule has 2 nitrogen and oxygen atoms in total. The fourth-order valence-corrected chi connectivity index (χ4v) is 1.78. The van der Waals surface area contributed by atoms with Crippen LogP contribution in [0.1, 0.15) is 19.3 Å². The van der Waals surface area contributed by atoms with Gasteiger partial charge in [0.1, 0.15) is 11.6 Å². The Bertz CT molecular complexity index is 304. The van der Waals surface area contributed by atoms with Crippen molar-refractivity contribution in [3.63, 3.8) is 0 Å². The summed E-state index contributed by atoms with van der Waals surface area (Å²) in [5.74, 6) is 1.08. The van der Waals surface area contributed by atoms with Crippen molar-refractivity contribution in [3.05, 3.63) is 36.7 Å².